The summed E-state index contributed by atoms with van der Waals surface area (Å²) >= 11 is 0. The maximum absolute atomic E-state index is 12.4. The van der Waals surface area contributed by atoms with E-state index < -0.39 is 10.0 Å². The van der Waals surface area contributed by atoms with E-state index in [1.165, 1.54) is 0 Å². The maximum Gasteiger partial charge on any atom is 0.243 e. The van der Waals surface area contributed by atoms with E-state index in [2.05, 4.69) is 5.32 Å². The van der Waals surface area contributed by atoms with Gasteiger partial charge in [-0.05, 0) is 25.5 Å². The van der Waals surface area contributed by atoms with Gasteiger partial charge in [0.25, 0.3) is 0 Å². The first kappa shape index (κ1) is 12.5. The molecule has 0 unspecified atom stereocenters. The summed E-state index contributed by atoms with van der Waals surface area (Å²) in [5.41, 5.74) is 1.92. The highest BCUT2D eigenvalue weighted by atomic mass is 32.2. The molecule has 0 atom stereocenters. The largest absolute Gasteiger partial charge is 0.344 e. The molecule has 2 N–H and O–H groups in total. The lowest BCUT2D eigenvalue weighted by Gasteiger charge is -2.25. The lowest BCUT2D eigenvalue weighted by Crippen LogP contribution is -2.89. The van der Waals surface area contributed by atoms with Gasteiger partial charge < -0.3 is 5.32 Å². The van der Waals surface area contributed by atoms with Gasteiger partial charge in [-0.1, -0.05) is 17.7 Å². The van der Waals surface area contributed by atoms with E-state index in [0.717, 1.165) is 24.2 Å². The van der Waals surface area contributed by atoms with Crippen LogP contribution in [-0.4, -0.2) is 38.9 Å². The van der Waals surface area contributed by atoms with E-state index in [1.54, 1.807) is 10.4 Å². The van der Waals surface area contributed by atoms with E-state index in [9.17, 15) is 8.42 Å². The van der Waals surface area contributed by atoms with Crippen molar-refractivity contribution in [1.29, 1.82) is 0 Å². The van der Waals surface area contributed by atoms with E-state index in [4.69, 9.17) is 0 Å². The number of piperazine rings is 1. The number of sulfonamides is 1. The fourth-order valence-electron chi connectivity index (χ4n) is 2.19. The molecular weight excluding hydrogens is 236 g/mol. The third kappa shape index (κ3) is 2.51. The minimum absolute atomic E-state index is 0.449. The first-order valence-electron chi connectivity index (χ1n) is 5.91. The van der Waals surface area contributed by atoms with Crippen molar-refractivity contribution >= 4 is 10.0 Å². The van der Waals surface area contributed by atoms with Gasteiger partial charge in [-0.25, -0.2) is 8.42 Å². The second kappa shape index (κ2) is 4.76. The zero-order valence-electron chi connectivity index (χ0n) is 10.3. The van der Waals surface area contributed by atoms with Gasteiger partial charge >= 0.3 is 0 Å². The van der Waals surface area contributed by atoms with Crippen LogP contribution in [0.4, 0.5) is 0 Å². The zero-order valence-corrected chi connectivity index (χ0v) is 11.1. The van der Waals surface area contributed by atoms with Gasteiger partial charge in [-0.3, -0.25) is 0 Å². The number of quaternary nitrogens is 1. The molecule has 4 nitrogen and oxygen atoms in total. The highest BCUT2D eigenvalue weighted by Crippen LogP contribution is 2.20. The minimum Gasteiger partial charge on any atom is -0.344 e. The number of aryl methyl sites for hydroxylation is 2. The summed E-state index contributed by atoms with van der Waals surface area (Å²) in [6.07, 6.45) is 0. The summed E-state index contributed by atoms with van der Waals surface area (Å²) < 4.78 is 26.5. The van der Waals surface area contributed by atoms with Crippen LogP contribution in [0.2, 0.25) is 0 Å². The summed E-state index contributed by atoms with van der Waals surface area (Å²) in [7, 11) is -3.30. The van der Waals surface area contributed by atoms with Gasteiger partial charge in [0, 0.05) is 0 Å². The molecule has 17 heavy (non-hydrogen) atoms. The fourth-order valence-corrected chi connectivity index (χ4v) is 3.87. The summed E-state index contributed by atoms with van der Waals surface area (Å²) in [5, 5.41) is 2.15. The predicted octanol–water partition coefficient (Wildman–Crippen LogP) is -0.129. The molecule has 1 fully saturated rings. The normalized spacial score (nSPS) is 18.2. The number of hydrogen-bond donors (Lipinski definition) is 1. The Bertz CT molecular complexity index is 505. The highest BCUT2D eigenvalue weighted by molar-refractivity contribution is 7.89. The van der Waals surface area contributed by atoms with Gasteiger partial charge in [-0.2, -0.15) is 4.31 Å². The number of nitrogens with zero attached hydrogens (tertiary/aromatic N) is 1. The summed E-state index contributed by atoms with van der Waals surface area (Å²) in [6.45, 7) is 6.74. The predicted molar refractivity (Wildman–Crippen MR) is 66.3 cm³/mol. The SMILES string of the molecule is Cc1ccc(S(=O)(=O)N2CC[NH2+]CC2)c(C)c1. The van der Waals surface area contributed by atoms with Gasteiger partial charge in [0.2, 0.25) is 10.0 Å². The van der Waals surface area contributed by atoms with E-state index in [-0.39, 0.29) is 0 Å². The lowest BCUT2D eigenvalue weighted by molar-refractivity contribution is -0.661. The molecule has 0 amide bonds. The summed E-state index contributed by atoms with van der Waals surface area (Å²) in [4.78, 5) is 0.449. The van der Waals surface area contributed by atoms with Crippen LogP contribution >= 0.6 is 0 Å². The summed E-state index contributed by atoms with van der Waals surface area (Å²) in [6, 6.07) is 5.50. The Labute approximate surface area is 103 Å². The number of hydrogen-bond acceptors (Lipinski definition) is 2. The molecule has 0 aromatic heterocycles. The molecule has 0 saturated carbocycles. The summed E-state index contributed by atoms with van der Waals surface area (Å²) in [5.74, 6) is 0. The van der Waals surface area contributed by atoms with Crippen LogP contribution < -0.4 is 5.32 Å². The topological polar surface area (TPSA) is 54.0 Å². The van der Waals surface area contributed by atoms with Gasteiger partial charge in [-0.15, -0.1) is 0 Å². The maximum atomic E-state index is 12.4. The lowest BCUT2D eigenvalue weighted by atomic mass is 10.2. The molecule has 1 aliphatic rings. The number of rotatable bonds is 2. The van der Waals surface area contributed by atoms with Crippen molar-refractivity contribution in [3.05, 3.63) is 29.3 Å². The molecular formula is C12H19N2O2S+. The van der Waals surface area contributed by atoms with Crippen molar-refractivity contribution in [2.24, 2.45) is 0 Å². The van der Waals surface area contributed by atoms with Crippen LogP contribution in [0.1, 0.15) is 11.1 Å². The van der Waals surface area contributed by atoms with Crippen molar-refractivity contribution in [2.45, 2.75) is 18.7 Å². The van der Waals surface area contributed by atoms with E-state index in [0.29, 0.717) is 18.0 Å². The Morgan fingerprint density at radius 1 is 1.18 bits per heavy atom. The van der Waals surface area contributed by atoms with Crippen molar-refractivity contribution in [2.75, 3.05) is 26.2 Å². The van der Waals surface area contributed by atoms with Crippen LogP contribution in [-0.2, 0) is 10.0 Å². The molecule has 0 bridgehead atoms. The molecule has 5 heteroatoms. The third-order valence-electron chi connectivity index (χ3n) is 3.11. The third-order valence-corrected chi connectivity index (χ3v) is 5.17. The van der Waals surface area contributed by atoms with Crippen LogP contribution in [0, 0.1) is 13.8 Å². The van der Waals surface area contributed by atoms with E-state index in [1.807, 2.05) is 26.0 Å². The Hall–Kier alpha value is -0.910. The van der Waals surface area contributed by atoms with E-state index >= 15 is 0 Å². The Kier molecular flexibility index (Phi) is 3.51. The number of nitrogens with two attached hydrogens (primary N) is 1. The molecule has 0 aliphatic carbocycles. The average molecular weight is 255 g/mol. The van der Waals surface area contributed by atoms with Gasteiger partial charge in [0.1, 0.15) is 0 Å². The molecule has 2 rings (SSSR count). The number of benzene rings is 1. The Morgan fingerprint density at radius 3 is 2.41 bits per heavy atom. The quantitative estimate of drug-likeness (QED) is 0.800. The van der Waals surface area contributed by atoms with Crippen LogP contribution in [0.5, 0.6) is 0 Å². The van der Waals surface area contributed by atoms with Crippen molar-refractivity contribution in [3.8, 4) is 0 Å². The molecule has 1 aliphatic heterocycles. The second-order valence-corrected chi connectivity index (χ2v) is 6.45. The highest BCUT2D eigenvalue weighted by Gasteiger charge is 2.28. The average Bonchev–Trinajstić information content (AvgIpc) is 2.29. The van der Waals surface area contributed by atoms with Crippen molar-refractivity contribution in [1.82, 2.24) is 4.31 Å². The van der Waals surface area contributed by atoms with Crippen LogP contribution in [0.25, 0.3) is 0 Å². The second-order valence-electron chi connectivity index (χ2n) is 4.54. The van der Waals surface area contributed by atoms with Crippen molar-refractivity contribution < 1.29 is 13.7 Å². The molecule has 1 heterocycles. The van der Waals surface area contributed by atoms with Crippen LogP contribution in [0.15, 0.2) is 23.1 Å². The Morgan fingerprint density at radius 2 is 1.82 bits per heavy atom. The standard InChI is InChI=1S/C12H18N2O2S/c1-10-3-4-12(11(2)9-10)17(15,16)14-7-5-13-6-8-14/h3-4,9,13H,5-8H2,1-2H3/p+1. The molecule has 94 valence electrons. The smallest absolute Gasteiger partial charge is 0.243 e. The van der Waals surface area contributed by atoms with Gasteiger partial charge in [0.05, 0.1) is 31.1 Å². The Balaban J connectivity index is 2.37. The first-order valence-corrected chi connectivity index (χ1v) is 7.35. The molecule has 1 aromatic carbocycles. The van der Waals surface area contributed by atoms with Crippen molar-refractivity contribution in [3.63, 3.8) is 0 Å². The minimum atomic E-state index is -3.30. The molecule has 0 radical (unpaired) electrons. The molecule has 0 spiro atoms. The molecule has 1 saturated heterocycles. The monoisotopic (exact) mass is 255 g/mol. The first-order chi connectivity index (χ1) is 8.01. The zero-order chi connectivity index (χ0) is 12.5. The fraction of sp³-hybridized carbons (Fsp3) is 0.500. The van der Waals surface area contributed by atoms with Gasteiger partial charge in [0.15, 0.2) is 0 Å². The molecule has 1 aromatic rings. The van der Waals surface area contributed by atoms with Crippen LogP contribution in [0.3, 0.4) is 0 Å².